The third kappa shape index (κ3) is 5.81. The number of rotatable bonds is 7. The molecule has 0 fully saturated rings. The summed E-state index contributed by atoms with van der Waals surface area (Å²) in [5.74, 6) is 0.379. The van der Waals surface area contributed by atoms with E-state index in [1.807, 2.05) is 6.08 Å². The summed E-state index contributed by atoms with van der Waals surface area (Å²) in [5.41, 5.74) is 0. The molecule has 0 amide bonds. The van der Waals surface area contributed by atoms with Gasteiger partial charge in [-0.15, -0.1) is 6.58 Å². The molecule has 0 heterocycles. The van der Waals surface area contributed by atoms with Crippen molar-refractivity contribution in [1.82, 2.24) is 0 Å². The molecule has 0 N–H and O–H groups in total. The van der Waals surface area contributed by atoms with Crippen LogP contribution in [0.5, 0.6) is 0 Å². The zero-order valence-electron chi connectivity index (χ0n) is 8.71. The van der Waals surface area contributed by atoms with E-state index < -0.39 is 0 Å². The Morgan fingerprint density at radius 2 is 2.23 bits per heavy atom. The molecule has 0 aromatic carbocycles. The molecule has 0 saturated carbocycles. The second-order valence-electron chi connectivity index (χ2n) is 3.15. The summed E-state index contributed by atoms with van der Waals surface area (Å²) in [4.78, 5) is 0. The average Bonchev–Trinajstić information content (AvgIpc) is 2.14. The summed E-state index contributed by atoms with van der Waals surface area (Å²) in [7, 11) is 0. The van der Waals surface area contributed by atoms with Crippen molar-refractivity contribution < 1.29 is 4.74 Å². The first-order valence-electron chi connectivity index (χ1n) is 5.03. The largest absolute Gasteiger partial charge is 0.487 e. The first-order valence-corrected chi connectivity index (χ1v) is 5.44. The highest BCUT2D eigenvalue weighted by atomic mass is 32.1. The van der Waals surface area contributed by atoms with Gasteiger partial charge in [0.2, 0.25) is 0 Å². The molecule has 2 heteroatoms. The Kier molecular flexibility index (Phi) is 8.00. The SMILES string of the molecule is C=CCC(CC)C(=S)OCCCC. The highest BCUT2D eigenvalue weighted by Crippen LogP contribution is 2.12. The summed E-state index contributed by atoms with van der Waals surface area (Å²) < 4.78 is 5.47. The van der Waals surface area contributed by atoms with Crippen molar-refractivity contribution in [3.05, 3.63) is 12.7 Å². The molecule has 0 saturated heterocycles. The van der Waals surface area contributed by atoms with E-state index in [2.05, 4.69) is 20.4 Å². The van der Waals surface area contributed by atoms with Gasteiger partial charge in [0.1, 0.15) is 0 Å². The molecule has 0 aliphatic heterocycles. The fourth-order valence-electron chi connectivity index (χ4n) is 1.07. The number of hydrogen-bond donors (Lipinski definition) is 0. The molecular formula is C11H20OS. The maximum atomic E-state index is 5.47. The molecule has 13 heavy (non-hydrogen) atoms. The van der Waals surface area contributed by atoms with Gasteiger partial charge in [0, 0.05) is 5.92 Å². The summed E-state index contributed by atoms with van der Waals surface area (Å²) in [6.07, 6.45) is 6.12. The Labute approximate surface area is 87.2 Å². The average molecular weight is 200 g/mol. The third-order valence-corrected chi connectivity index (χ3v) is 2.47. The molecule has 0 radical (unpaired) electrons. The first-order chi connectivity index (χ1) is 6.26. The monoisotopic (exact) mass is 200 g/mol. The Morgan fingerprint density at radius 1 is 1.54 bits per heavy atom. The molecule has 0 aromatic heterocycles. The standard InChI is InChI=1S/C11H20OS/c1-4-7-9-12-11(13)10(6-3)8-5-2/h5,10H,2,4,6-9H2,1,3H3. The van der Waals surface area contributed by atoms with E-state index >= 15 is 0 Å². The van der Waals surface area contributed by atoms with E-state index in [0.717, 1.165) is 37.3 Å². The van der Waals surface area contributed by atoms with Crippen molar-refractivity contribution in [2.75, 3.05) is 6.61 Å². The van der Waals surface area contributed by atoms with Gasteiger partial charge in [-0.05, 0) is 31.5 Å². The Bertz CT molecular complexity index is 154. The van der Waals surface area contributed by atoms with Crippen molar-refractivity contribution in [2.45, 2.75) is 39.5 Å². The lowest BCUT2D eigenvalue weighted by Crippen LogP contribution is -2.15. The van der Waals surface area contributed by atoms with Crippen LogP contribution in [0.4, 0.5) is 0 Å². The van der Waals surface area contributed by atoms with E-state index in [1.165, 1.54) is 0 Å². The van der Waals surface area contributed by atoms with Crippen molar-refractivity contribution in [3.8, 4) is 0 Å². The molecule has 1 unspecified atom stereocenters. The predicted octanol–water partition coefficient (Wildman–Crippen LogP) is 3.73. The lowest BCUT2D eigenvalue weighted by atomic mass is 10.0. The maximum absolute atomic E-state index is 5.47. The highest BCUT2D eigenvalue weighted by molar-refractivity contribution is 7.80. The van der Waals surface area contributed by atoms with Crippen molar-refractivity contribution in [1.29, 1.82) is 0 Å². The Morgan fingerprint density at radius 3 is 2.69 bits per heavy atom. The smallest absolute Gasteiger partial charge is 0.163 e. The number of ether oxygens (including phenoxy) is 1. The lowest BCUT2D eigenvalue weighted by Gasteiger charge is -2.14. The summed E-state index contributed by atoms with van der Waals surface area (Å²) in [6.45, 7) is 8.75. The topological polar surface area (TPSA) is 9.23 Å². The fourth-order valence-corrected chi connectivity index (χ4v) is 1.41. The zero-order chi connectivity index (χ0) is 10.1. The molecule has 76 valence electrons. The summed E-state index contributed by atoms with van der Waals surface area (Å²) in [5, 5.41) is 0.760. The minimum Gasteiger partial charge on any atom is -0.487 e. The van der Waals surface area contributed by atoms with Gasteiger partial charge in [0.05, 0.1) is 6.61 Å². The van der Waals surface area contributed by atoms with Gasteiger partial charge in [0.15, 0.2) is 5.05 Å². The second kappa shape index (κ2) is 8.24. The molecule has 1 nitrogen and oxygen atoms in total. The van der Waals surface area contributed by atoms with Gasteiger partial charge in [-0.25, -0.2) is 0 Å². The molecule has 1 atom stereocenters. The number of hydrogen-bond acceptors (Lipinski definition) is 2. The van der Waals surface area contributed by atoms with Crippen LogP contribution in [-0.2, 0) is 4.74 Å². The minimum absolute atomic E-state index is 0.379. The zero-order valence-corrected chi connectivity index (χ0v) is 9.53. The quantitative estimate of drug-likeness (QED) is 0.352. The van der Waals surface area contributed by atoms with E-state index in [4.69, 9.17) is 17.0 Å². The summed E-state index contributed by atoms with van der Waals surface area (Å²) in [6, 6.07) is 0. The fraction of sp³-hybridized carbons (Fsp3) is 0.727. The third-order valence-electron chi connectivity index (χ3n) is 2.02. The Balaban J connectivity index is 3.70. The molecule has 0 aliphatic rings. The first kappa shape index (κ1) is 12.6. The summed E-state index contributed by atoms with van der Waals surface area (Å²) >= 11 is 5.18. The minimum atomic E-state index is 0.379. The van der Waals surface area contributed by atoms with Crippen LogP contribution in [0.15, 0.2) is 12.7 Å². The van der Waals surface area contributed by atoms with Crippen LogP contribution in [0, 0.1) is 5.92 Å². The van der Waals surface area contributed by atoms with Crippen LogP contribution in [0.1, 0.15) is 39.5 Å². The van der Waals surface area contributed by atoms with Gasteiger partial charge in [-0.2, -0.15) is 0 Å². The molecular weight excluding hydrogens is 180 g/mol. The van der Waals surface area contributed by atoms with Crippen LogP contribution in [0.2, 0.25) is 0 Å². The van der Waals surface area contributed by atoms with Gasteiger partial charge >= 0.3 is 0 Å². The van der Waals surface area contributed by atoms with E-state index in [1.54, 1.807) is 0 Å². The number of unbranched alkanes of at least 4 members (excludes halogenated alkanes) is 1. The van der Waals surface area contributed by atoms with Crippen LogP contribution >= 0.6 is 12.2 Å². The molecule has 0 aliphatic carbocycles. The van der Waals surface area contributed by atoms with Gasteiger partial charge in [0.25, 0.3) is 0 Å². The molecule has 0 rings (SSSR count). The highest BCUT2D eigenvalue weighted by Gasteiger charge is 2.11. The van der Waals surface area contributed by atoms with E-state index in [-0.39, 0.29) is 0 Å². The van der Waals surface area contributed by atoms with Crippen LogP contribution < -0.4 is 0 Å². The Hall–Kier alpha value is -0.370. The lowest BCUT2D eigenvalue weighted by molar-refractivity contribution is 0.281. The molecule has 0 bridgehead atoms. The molecule has 0 aromatic rings. The predicted molar refractivity (Wildman–Crippen MR) is 62.1 cm³/mol. The van der Waals surface area contributed by atoms with Crippen LogP contribution in [0.25, 0.3) is 0 Å². The number of allylic oxidation sites excluding steroid dienone is 1. The van der Waals surface area contributed by atoms with Gasteiger partial charge in [-0.1, -0.05) is 26.3 Å². The maximum Gasteiger partial charge on any atom is 0.163 e. The molecule has 0 spiro atoms. The van der Waals surface area contributed by atoms with Crippen LogP contribution in [0.3, 0.4) is 0 Å². The van der Waals surface area contributed by atoms with Gasteiger partial charge in [-0.3, -0.25) is 0 Å². The van der Waals surface area contributed by atoms with E-state index in [9.17, 15) is 0 Å². The van der Waals surface area contributed by atoms with Gasteiger partial charge < -0.3 is 4.74 Å². The van der Waals surface area contributed by atoms with Crippen LogP contribution in [-0.4, -0.2) is 11.7 Å². The number of thiocarbonyl (C=S) groups is 1. The van der Waals surface area contributed by atoms with Crippen molar-refractivity contribution in [3.63, 3.8) is 0 Å². The second-order valence-corrected chi connectivity index (χ2v) is 3.55. The van der Waals surface area contributed by atoms with E-state index in [0.29, 0.717) is 5.92 Å². The normalized spacial score (nSPS) is 12.2. The van der Waals surface area contributed by atoms with Crippen molar-refractivity contribution >= 4 is 17.3 Å². The van der Waals surface area contributed by atoms with Crippen molar-refractivity contribution in [2.24, 2.45) is 5.92 Å².